The Bertz CT molecular complexity index is 972. The molecular weight excluding hydrogens is 359 g/mol. The summed E-state index contributed by atoms with van der Waals surface area (Å²) in [4.78, 5) is 38.4. The second kappa shape index (κ2) is 7.19. The molecule has 5 rings (SSSR count). The van der Waals surface area contributed by atoms with E-state index in [9.17, 15) is 18.8 Å². The molecule has 3 aliphatic rings. The molecule has 2 bridgehead atoms. The van der Waals surface area contributed by atoms with E-state index in [1.54, 1.807) is 29.2 Å². The predicted molar refractivity (Wildman–Crippen MR) is 102 cm³/mol. The van der Waals surface area contributed by atoms with Gasteiger partial charge in [-0.1, -0.05) is 12.1 Å². The largest absolute Gasteiger partial charge is 0.351 e. The van der Waals surface area contributed by atoms with E-state index in [2.05, 4.69) is 5.32 Å². The molecule has 0 unspecified atom stereocenters. The van der Waals surface area contributed by atoms with E-state index in [0.717, 1.165) is 12.8 Å². The molecule has 0 aromatic heterocycles. The van der Waals surface area contributed by atoms with Crippen LogP contribution in [0.1, 0.15) is 40.5 Å². The molecule has 0 radical (unpaired) electrons. The van der Waals surface area contributed by atoms with Crippen LogP contribution in [0.4, 0.5) is 4.39 Å². The second-order valence-corrected chi connectivity index (χ2v) is 7.52. The van der Waals surface area contributed by atoms with E-state index in [4.69, 9.17) is 0 Å². The van der Waals surface area contributed by atoms with E-state index in [1.807, 2.05) is 0 Å². The highest BCUT2D eigenvalue weighted by Gasteiger charge is 2.36. The zero-order chi connectivity index (χ0) is 19.8. The van der Waals surface area contributed by atoms with Gasteiger partial charge in [0, 0.05) is 35.8 Å². The fourth-order valence-corrected chi connectivity index (χ4v) is 3.98. The van der Waals surface area contributed by atoms with Crippen LogP contribution < -0.4 is 5.32 Å². The monoisotopic (exact) mass is 380 g/mol. The van der Waals surface area contributed by atoms with Crippen molar-refractivity contribution in [2.75, 3.05) is 13.1 Å². The first-order valence-corrected chi connectivity index (χ1v) is 9.43. The summed E-state index contributed by atoms with van der Waals surface area (Å²) < 4.78 is 14.4. The van der Waals surface area contributed by atoms with Gasteiger partial charge in [0.1, 0.15) is 5.82 Å². The van der Waals surface area contributed by atoms with Gasteiger partial charge >= 0.3 is 0 Å². The minimum atomic E-state index is -0.447. The quantitative estimate of drug-likeness (QED) is 0.833. The number of carbonyl (C=O) groups excluding carboxylic acids is 3. The van der Waals surface area contributed by atoms with Crippen LogP contribution in [0.5, 0.6) is 0 Å². The Hall–Kier alpha value is -3.02. The SMILES string of the molecule is CC(=O)c1ccc(F)c(-c2cccc(C(=O)N3C[C@@H]4CC[C@H](C3)C(=O)N4)c2)c1. The molecule has 3 aliphatic heterocycles. The molecule has 3 fully saturated rings. The van der Waals surface area contributed by atoms with Gasteiger partial charge in [-0.3, -0.25) is 14.4 Å². The van der Waals surface area contributed by atoms with Crippen LogP contribution in [0.3, 0.4) is 0 Å². The maximum Gasteiger partial charge on any atom is 0.253 e. The highest BCUT2D eigenvalue weighted by atomic mass is 19.1. The Morgan fingerprint density at radius 1 is 1.07 bits per heavy atom. The number of fused-ring (bicyclic) bond motifs is 4. The van der Waals surface area contributed by atoms with Crippen molar-refractivity contribution in [3.8, 4) is 11.1 Å². The lowest BCUT2D eigenvalue weighted by molar-refractivity contribution is -0.126. The molecule has 2 aromatic rings. The summed E-state index contributed by atoms with van der Waals surface area (Å²) in [6.07, 6.45) is 1.67. The fraction of sp³-hybridized carbons (Fsp3) is 0.318. The van der Waals surface area contributed by atoms with E-state index in [-0.39, 0.29) is 35.1 Å². The molecule has 28 heavy (non-hydrogen) atoms. The third-order valence-corrected chi connectivity index (χ3v) is 5.54. The molecule has 2 aromatic carbocycles. The summed E-state index contributed by atoms with van der Waals surface area (Å²) in [6.45, 7) is 2.32. The molecule has 3 saturated heterocycles. The van der Waals surface area contributed by atoms with Crippen molar-refractivity contribution in [1.82, 2.24) is 10.2 Å². The molecule has 0 spiro atoms. The number of halogens is 1. The molecule has 0 saturated carbocycles. The van der Waals surface area contributed by atoms with Crippen molar-refractivity contribution >= 4 is 17.6 Å². The van der Waals surface area contributed by atoms with Crippen LogP contribution in [0.25, 0.3) is 11.1 Å². The van der Waals surface area contributed by atoms with Gasteiger partial charge in [0.05, 0.1) is 5.92 Å². The van der Waals surface area contributed by atoms with E-state index in [1.165, 1.54) is 25.1 Å². The summed E-state index contributed by atoms with van der Waals surface area (Å²) in [5.41, 5.74) is 1.69. The molecule has 144 valence electrons. The maximum absolute atomic E-state index is 14.4. The number of piperidine rings is 1. The van der Waals surface area contributed by atoms with Gasteiger partial charge in [0.25, 0.3) is 5.91 Å². The van der Waals surface area contributed by atoms with Gasteiger partial charge in [-0.15, -0.1) is 0 Å². The Kier molecular flexibility index (Phi) is 4.71. The van der Waals surface area contributed by atoms with Gasteiger partial charge in [0.15, 0.2) is 5.78 Å². The van der Waals surface area contributed by atoms with Gasteiger partial charge < -0.3 is 10.2 Å². The van der Waals surface area contributed by atoms with Crippen molar-refractivity contribution in [3.63, 3.8) is 0 Å². The highest BCUT2D eigenvalue weighted by molar-refractivity contribution is 5.97. The number of carbonyl (C=O) groups is 3. The lowest BCUT2D eigenvalue weighted by Crippen LogP contribution is -2.43. The topological polar surface area (TPSA) is 66.5 Å². The number of hydrogen-bond donors (Lipinski definition) is 1. The molecule has 6 heteroatoms. The Morgan fingerprint density at radius 3 is 2.64 bits per heavy atom. The number of hydrogen-bond acceptors (Lipinski definition) is 3. The summed E-state index contributed by atoms with van der Waals surface area (Å²) >= 11 is 0. The normalized spacial score (nSPS) is 21.2. The molecule has 2 atom stereocenters. The third-order valence-electron chi connectivity index (χ3n) is 5.54. The molecule has 2 amide bonds. The Labute approximate surface area is 162 Å². The van der Waals surface area contributed by atoms with E-state index >= 15 is 0 Å². The zero-order valence-corrected chi connectivity index (χ0v) is 15.6. The lowest BCUT2D eigenvalue weighted by atomic mass is 9.96. The van der Waals surface area contributed by atoms with E-state index < -0.39 is 5.82 Å². The number of nitrogens with zero attached hydrogens (tertiary/aromatic N) is 1. The van der Waals surface area contributed by atoms with Crippen LogP contribution in [0, 0.1) is 11.7 Å². The molecule has 3 heterocycles. The van der Waals surface area contributed by atoms with Crippen molar-refractivity contribution in [3.05, 3.63) is 59.4 Å². The summed E-state index contributed by atoms with van der Waals surface area (Å²) in [5, 5.41) is 2.96. The fourth-order valence-electron chi connectivity index (χ4n) is 3.98. The first-order chi connectivity index (χ1) is 13.4. The number of amides is 2. The highest BCUT2D eigenvalue weighted by Crippen LogP contribution is 2.27. The Morgan fingerprint density at radius 2 is 1.89 bits per heavy atom. The van der Waals surface area contributed by atoms with Crippen LogP contribution in [0.2, 0.25) is 0 Å². The first kappa shape index (κ1) is 18.3. The smallest absolute Gasteiger partial charge is 0.253 e. The molecule has 1 N–H and O–H groups in total. The van der Waals surface area contributed by atoms with Crippen LogP contribution in [-0.2, 0) is 4.79 Å². The minimum absolute atomic E-state index is 0.0110. The van der Waals surface area contributed by atoms with Crippen molar-refractivity contribution < 1.29 is 18.8 Å². The van der Waals surface area contributed by atoms with Crippen molar-refractivity contribution in [2.45, 2.75) is 25.8 Å². The first-order valence-electron chi connectivity index (χ1n) is 9.43. The van der Waals surface area contributed by atoms with Crippen molar-refractivity contribution in [2.24, 2.45) is 5.92 Å². The minimum Gasteiger partial charge on any atom is -0.351 e. The van der Waals surface area contributed by atoms with Gasteiger partial charge in [-0.2, -0.15) is 0 Å². The maximum atomic E-state index is 14.4. The van der Waals surface area contributed by atoms with Gasteiger partial charge in [0.2, 0.25) is 5.91 Å². The zero-order valence-electron chi connectivity index (χ0n) is 15.6. The van der Waals surface area contributed by atoms with Crippen LogP contribution in [-0.4, -0.2) is 41.6 Å². The van der Waals surface area contributed by atoms with E-state index in [0.29, 0.717) is 29.8 Å². The number of ketones is 1. The predicted octanol–water partition coefficient (Wildman–Crippen LogP) is 3.05. The lowest BCUT2D eigenvalue weighted by Gasteiger charge is -2.23. The second-order valence-electron chi connectivity index (χ2n) is 7.52. The average Bonchev–Trinajstić information content (AvgIpc) is 2.99. The third kappa shape index (κ3) is 3.42. The molecule has 5 nitrogen and oxygen atoms in total. The van der Waals surface area contributed by atoms with Crippen LogP contribution in [0.15, 0.2) is 42.5 Å². The number of Topliss-reactive ketones (excluding diaryl/α,β-unsaturated/α-hetero) is 1. The number of rotatable bonds is 3. The molecule has 0 aliphatic carbocycles. The summed E-state index contributed by atoms with van der Waals surface area (Å²) in [6, 6.07) is 11.0. The Balaban J connectivity index is 1.64. The molecular formula is C22H21FN2O3. The summed E-state index contributed by atoms with van der Waals surface area (Å²) in [7, 11) is 0. The van der Waals surface area contributed by atoms with Gasteiger partial charge in [-0.25, -0.2) is 4.39 Å². The van der Waals surface area contributed by atoms with Crippen molar-refractivity contribution in [1.29, 1.82) is 0 Å². The van der Waals surface area contributed by atoms with Crippen LogP contribution >= 0.6 is 0 Å². The number of nitrogens with one attached hydrogen (secondary N) is 1. The average molecular weight is 380 g/mol. The van der Waals surface area contributed by atoms with Gasteiger partial charge in [-0.05, 0) is 55.7 Å². The standard InChI is InChI=1S/C22H21FN2O3/c1-13(26)14-6-8-20(23)19(10-14)15-3-2-4-16(9-15)22(28)25-11-17-5-7-18(12-25)24-21(17)27/h2-4,6,8-10,17-18H,5,7,11-12H2,1H3,(H,24,27)/t17-,18+/m1/s1. The summed E-state index contributed by atoms with van der Waals surface area (Å²) in [5.74, 6) is -0.916. The number of benzene rings is 2.